The van der Waals surface area contributed by atoms with E-state index in [-0.39, 0.29) is 6.54 Å². The van der Waals surface area contributed by atoms with E-state index in [1.54, 1.807) is 19.1 Å². The van der Waals surface area contributed by atoms with Gasteiger partial charge in [0.05, 0.1) is 12.5 Å². The van der Waals surface area contributed by atoms with Crippen molar-refractivity contribution in [2.24, 2.45) is 5.92 Å². The lowest BCUT2D eigenvalue weighted by Crippen LogP contribution is -2.18. The smallest absolute Gasteiger partial charge is 0.308 e. The van der Waals surface area contributed by atoms with Gasteiger partial charge in [0.15, 0.2) is 5.82 Å². The summed E-state index contributed by atoms with van der Waals surface area (Å²) in [4.78, 5) is 10.9. The van der Waals surface area contributed by atoms with Crippen LogP contribution in [0.5, 0.6) is 0 Å². The summed E-state index contributed by atoms with van der Waals surface area (Å²) < 4.78 is 2.42. The number of hydrogen-bond donors (Lipinski definition) is 1. The van der Waals surface area contributed by atoms with Gasteiger partial charge in [0, 0.05) is 14.2 Å². The fourth-order valence-corrected chi connectivity index (χ4v) is 2.28. The lowest BCUT2D eigenvalue weighted by molar-refractivity contribution is -0.141. The van der Waals surface area contributed by atoms with Crippen LogP contribution < -0.4 is 0 Å². The Balaban J connectivity index is 2.39. The number of halogens is 2. The molecule has 8 heteroatoms. The number of rotatable bonds is 4. The highest BCUT2D eigenvalue weighted by atomic mass is 127. The second kappa shape index (κ2) is 5.83. The average molecular weight is 393 g/mol. The van der Waals surface area contributed by atoms with Crippen molar-refractivity contribution in [1.29, 1.82) is 0 Å². The lowest BCUT2D eigenvalue weighted by Gasteiger charge is -2.09. The van der Waals surface area contributed by atoms with E-state index in [0.29, 0.717) is 10.8 Å². The predicted octanol–water partition coefficient (Wildman–Crippen LogP) is 2.32. The molecule has 1 aromatic carbocycles. The van der Waals surface area contributed by atoms with Gasteiger partial charge in [-0.05, 0) is 51.2 Å². The Kier molecular flexibility index (Phi) is 4.35. The van der Waals surface area contributed by atoms with E-state index in [0.717, 1.165) is 9.13 Å². The van der Waals surface area contributed by atoms with Gasteiger partial charge in [-0.15, -0.1) is 5.10 Å². The summed E-state index contributed by atoms with van der Waals surface area (Å²) in [6.45, 7) is 1.82. The van der Waals surface area contributed by atoms with E-state index in [2.05, 4.69) is 38.1 Å². The summed E-state index contributed by atoms with van der Waals surface area (Å²) in [7, 11) is 0. The van der Waals surface area contributed by atoms with Gasteiger partial charge >= 0.3 is 5.97 Å². The van der Waals surface area contributed by atoms with E-state index >= 15 is 0 Å². The molecule has 1 N–H and O–H groups in total. The van der Waals surface area contributed by atoms with Crippen LogP contribution in [0.3, 0.4) is 0 Å². The molecule has 0 aliphatic heterocycles. The maximum Gasteiger partial charge on any atom is 0.308 e. The van der Waals surface area contributed by atoms with Crippen LogP contribution in [0.1, 0.15) is 6.92 Å². The van der Waals surface area contributed by atoms with Crippen LogP contribution in [-0.2, 0) is 11.3 Å². The minimum atomic E-state index is -0.887. The molecule has 0 saturated carbocycles. The second-order valence-electron chi connectivity index (χ2n) is 4.05. The Morgan fingerprint density at radius 1 is 1.58 bits per heavy atom. The van der Waals surface area contributed by atoms with Crippen molar-refractivity contribution in [2.45, 2.75) is 13.5 Å². The van der Waals surface area contributed by atoms with Crippen molar-refractivity contribution >= 4 is 40.2 Å². The molecule has 0 saturated heterocycles. The molecular formula is C11H10ClIN4O2. The molecular weight excluding hydrogens is 383 g/mol. The monoisotopic (exact) mass is 392 g/mol. The number of benzene rings is 1. The number of nitrogens with zero attached hydrogens (tertiary/aromatic N) is 4. The van der Waals surface area contributed by atoms with E-state index < -0.39 is 11.9 Å². The highest BCUT2D eigenvalue weighted by Crippen LogP contribution is 2.26. The summed E-state index contributed by atoms with van der Waals surface area (Å²) in [5, 5.41) is 20.9. The van der Waals surface area contributed by atoms with Gasteiger partial charge in [0.2, 0.25) is 0 Å². The molecule has 19 heavy (non-hydrogen) atoms. The summed E-state index contributed by atoms with van der Waals surface area (Å²) >= 11 is 8.12. The highest BCUT2D eigenvalue weighted by Gasteiger charge is 2.18. The molecule has 2 aromatic rings. The van der Waals surface area contributed by atoms with Gasteiger partial charge in [-0.3, -0.25) is 4.79 Å². The molecule has 1 atom stereocenters. The van der Waals surface area contributed by atoms with Gasteiger partial charge in [-0.2, -0.15) is 0 Å². The Labute approximate surface area is 127 Å². The normalized spacial score (nSPS) is 12.4. The molecule has 0 bridgehead atoms. The zero-order valence-corrected chi connectivity index (χ0v) is 12.8. The fraction of sp³-hybridized carbons (Fsp3) is 0.273. The lowest BCUT2D eigenvalue weighted by atomic mass is 10.1. The second-order valence-corrected chi connectivity index (χ2v) is 5.65. The number of carboxylic acid groups (broad SMARTS) is 1. The number of aliphatic carboxylic acids is 1. The zero-order chi connectivity index (χ0) is 14.0. The predicted molar refractivity (Wildman–Crippen MR) is 77.8 cm³/mol. The van der Waals surface area contributed by atoms with Crippen molar-refractivity contribution in [3.8, 4) is 11.4 Å². The molecule has 1 aromatic heterocycles. The van der Waals surface area contributed by atoms with E-state index in [9.17, 15) is 4.79 Å². The third-order valence-electron chi connectivity index (χ3n) is 2.57. The Morgan fingerprint density at radius 2 is 2.32 bits per heavy atom. The van der Waals surface area contributed by atoms with Crippen LogP contribution in [0, 0.1) is 9.49 Å². The van der Waals surface area contributed by atoms with Crippen molar-refractivity contribution in [3.05, 3.63) is 26.8 Å². The first kappa shape index (κ1) is 14.2. The maximum absolute atomic E-state index is 10.9. The molecule has 0 aliphatic carbocycles. The number of hydrogen-bond acceptors (Lipinski definition) is 4. The average Bonchev–Trinajstić information content (AvgIpc) is 2.80. The first-order valence-electron chi connectivity index (χ1n) is 5.43. The first-order chi connectivity index (χ1) is 8.99. The summed E-state index contributed by atoms with van der Waals surface area (Å²) in [5.74, 6) is -0.943. The van der Waals surface area contributed by atoms with Crippen molar-refractivity contribution in [2.75, 3.05) is 0 Å². The SMILES string of the molecule is CC(Cn1nnnc1-c1cc(Cl)ccc1I)C(=O)O. The standard InChI is InChI=1S/C11H10ClIN4O2/c1-6(11(18)19)5-17-10(14-15-16-17)8-4-7(12)2-3-9(8)13/h2-4,6H,5H2,1H3,(H,18,19). The van der Waals surface area contributed by atoms with Crippen LogP contribution in [0.2, 0.25) is 5.02 Å². The minimum Gasteiger partial charge on any atom is -0.481 e. The minimum absolute atomic E-state index is 0.209. The molecule has 0 amide bonds. The van der Waals surface area contributed by atoms with Crippen LogP contribution in [0.15, 0.2) is 18.2 Å². The van der Waals surface area contributed by atoms with Gasteiger partial charge < -0.3 is 5.11 Å². The summed E-state index contributed by atoms with van der Waals surface area (Å²) in [6, 6.07) is 5.40. The third kappa shape index (κ3) is 3.21. The summed E-state index contributed by atoms with van der Waals surface area (Å²) in [5.41, 5.74) is 0.788. The topological polar surface area (TPSA) is 80.9 Å². The van der Waals surface area contributed by atoms with E-state index in [1.165, 1.54) is 4.68 Å². The molecule has 100 valence electrons. The van der Waals surface area contributed by atoms with Crippen LogP contribution in [0.25, 0.3) is 11.4 Å². The fourth-order valence-electron chi connectivity index (χ4n) is 1.53. The molecule has 6 nitrogen and oxygen atoms in total. The summed E-state index contributed by atoms with van der Waals surface area (Å²) in [6.07, 6.45) is 0. The maximum atomic E-state index is 10.9. The number of tetrazole rings is 1. The Morgan fingerprint density at radius 3 is 3.00 bits per heavy atom. The highest BCUT2D eigenvalue weighted by molar-refractivity contribution is 14.1. The van der Waals surface area contributed by atoms with Gasteiger partial charge in [-0.1, -0.05) is 18.5 Å². The van der Waals surface area contributed by atoms with Crippen molar-refractivity contribution in [3.63, 3.8) is 0 Å². The van der Waals surface area contributed by atoms with Crippen LogP contribution in [-0.4, -0.2) is 31.3 Å². The molecule has 1 unspecified atom stereocenters. The molecule has 0 fully saturated rings. The van der Waals surface area contributed by atoms with Gasteiger partial charge in [-0.25, -0.2) is 4.68 Å². The van der Waals surface area contributed by atoms with Crippen LogP contribution in [0.4, 0.5) is 0 Å². The molecule has 1 heterocycles. The van der Waals surface area contributed by atoms with Crippen LogP contribution >= 0.6 is 34.2 Å². The zero-order valence-electron chi connectivity index (χ0n) is 9.92. The van der Waals surface area contributed by atoms with Gasteiger partial charge in [0.1, 0.15) is 0 Å². The van der Waals surface area contributed by atoms with E-state index in [4.69, 9.17) is 16.7 Å². The number of aromatic nitrogens is 4. The number of carboxylic acids is 1. The molecule has 0 radical (unpaired) electrons. The Bertz CT molecular complexity index is 616. The van der Waals surface area contributed by atoms with Crippen molar-refractivity contribution in [1.82, 2.24) is 20.2 Å². The number of carbonyl (C=O) groups is 1. The van der Waals surface area contributed by atoms with E-state index in [1.807, 2.05) is 6.07 Å². The third-order valence-corrected chi connectivity index (χ3v) is 3.75. The first-order valence-corrected chi connectivity index (χ1v) is 6.89. The molecule has 0 aliphatic rings. The Hall–Kier alpha value is -1.22. The quantitative estimate of drug-likeness (QED) is 0.808. The van der Waals surface area contributed by atoms with Gasteiger partial charge in [0.25, 0.3) is 0 Å². The molecule has 2 rings (SSSR count). The largest absolute Gasteiger partial charge is 0.481 e. The van der Waals surface area contributed by atoms with Crippen molar-refractivity contribution < 1.29 is 9.90 Å². The molecule has 0 spiro atoms.